The van der Waals surface area contributed by atoms with Crippen LogP contribution in [-0.2, 0) is 4.74 Å². The van der Waals surface area contributed by atoms with Crippen LogP contribution in [0.15, 0.2) is 33.5 Å². The van der Waals surface area contributed by atoms with Gasteiger partial charge < -0.3 is 19.3 Å². The van der Waals surface area contributed by atoms with Gasteiger partial charge in [0.15, 0.2) is 0 Å². The number of carboxylic acid groups (broad SMARTS) is 1. The SMILES string of the molecule is COC(=O)c1cnc(OC)c(Br)c1.COc1ncc(C(=O)O)cc1Br. The van der Waals surface area contributed by atoms with Crippen LogP contribution in [0.1, 0.15) is 20.7 Å². The van der Waals surface area contributed by atoms with Crippen LogP contribution < -0.4 is 9.47 Å². The summed E-state index contributed by atoms with van der Waals surface area (Å²) >= 11 is 6.33. The summed E-state index contributed by atoms with van der Waals surface area (Å²) in [4.78, 5) is 29.2. The summed E-state index contributed by atoms with van der Waals surface area (Å²) in [7, 11) is 4.29. The Labute approximate surface area is 160 Å². The molecule has 25 heavy (non-hydrogen) atoms. The molecule has 0 unspecified atom stereocenters. The average Bonchev–Trinajstić information content (AvgIpc) is 2.61. The number of aromatic carboxylic acids is 1. The van der Waals surface area contributed by atoms with Gasteiger partial charge in [-0.2, -0.15) is 0 Å². The smallest absolute Gasteiger partial charge is 0.339 e. The van der Waals surface area contributed by atoms with Crippen LogP contribution in [0, 0.1) is 0 Å². The molecule has 0 fully saturated rings. The average molecular weight is 478 g/mol. The molecule has 0 saturated heterocycles. The predicted octanol–water partition coefficient (Wildman–Crippen LogP) is 3.19. The molecule has 0 atom stereocenters. The lowest BCUT2D eigenvalue weighted by Gasteiger charge is -2.03. The number of halogens is 2. The molecule has 0 bridgehead atoms. The van der Waals surface area contributed by atoms with E-state index in [1.54, 1.807) is 6.07 Å². The Kier molecular flexibility index (Phi) is 8.29. The van der Waals surface area contributed by atoms with Crippen LogP contribution in [0.4, 0.5) is 0 Å². The summed E-state index contributed by atoms with van der Waals surface area (Å²) in [5.41, 5.74) is 0.512. The first-order chi connectivity index (χ1) is 11.8. The first kappa shape index (κ1) is 20.8. The van der Waals surface area contributed by atoms with Gasteiger partial charge in [0.2, 0.25) is 11.8 Å². The lowest BCUT2D eigenvalue weighted by molar-refractivity contribution is 0.0599. The summed E-state index contributed by atoms with van der Waals surface area (Å²) in [5, 5.41) is 8.57. The van der Waals surface area contributed by atoms with E-state index in [-0.39, 0.29) is 5.56 Å². The van der Waals surface area contributed by atoms with Crippen LogP contribution in [0.2, 0.25) is 0 Å². The molecule has 10 heteroatoms. The van der Waals surface area contributed by atoms with Crippen molar-refractivity contribution in [2.45, 2.75) is 0 Å². The van der Waals surface area contributed by atoms with Gasteiger partial charge in [-0.25, -0.2) is 19.6 Å². The molecule has 2 heterocycles. The Morgan fingerprint density at radius 1 is 0.920 bits per heavy atom. The summed E-state index contributed by atoms with van der Waals surface area (Å²) in [6.45, 7) is 0. The number of nitrogens with zero attached hydrogens (tertiary/aromatic N) is 2. The Hall–Kier alpha value is -2.20. The third kappa shape index (κ3) is 5.98. The lowest BCUT2D eigenvalue weighted by atomic mass is 10.3. The molecule has 2 rings (SSSR count). The highest BCUT2D eigenvalue weighted by atomic mass is 79.9. The quantitative estimate of drug-likeness (QED) is 0.669. The van der Waals surface area contributed by atoms with Crippen molar-refractivity contribution in [3.63, 3.8) is 0 Å². The second kappa shape index (κ2) is 9.94. The van der Waals surface area contributed by atoms with Crippen molar-refractivity contribution < 1.29 is 28.9 Å². The van der Waals surface area contributed by atoms with Gasteiger partial charge in [0.25, 0.3) is 0 Å². The fourth-order valence-electron chi connectivity index (χ4n) is 1.50. The zero-order valence-corrected chi connectivity index (χ0v) is 16.6. The van der Waals surface area contributed by atoms with E-state index < -0.39 is 11.9 Å². The van der Waals surface area contributed by atoms with Crippen molar-refractivity contribution in [2.24, 2.45) is 0 Å². The summed E-state index contributed by atoms with van der Waals surface area (Å²) < 4.78 is 15.4. The third-order valence-electron chi connectivity index (χ3n) is 2.67. The minimum Gasteiger partial charge on any atom is -0.480 e. The number of ether oxygens (including phenoxy) is 3. The standard InChI is InChI=1S/C8H8BrNO3.C7H6BrNO3/c1-12-7-6(9)3-5(4-10-7)8(11)13-2;1-12-6-5(8)2-4(3-9-6)7(10)11/h3-4H,1-2H3;2-3H,1H3,(H,10,11). The molecular formula is C15H14Br2N2O6. The van der Waals surface area contributed by atoms with Gasteiger partial charge in [-0.1, -0.05) is 0 Å². The second-order valence-corrected chi connectivity index (χ2v) is 5.94. The first-order valence-corrected chi connectivity index (χ1v) is 8.13. The highest BCUT2D eigenvalue weighted by Gasteiger charge is 2.09. The Morgan fingerprint density at radius 2 is 1.36 bits per heavy atom. The van der Waals surface area contributed by atoms with E-state index in [4.69, 9.17) is 14.6 Å². The largest absolute Gasteiger partial charge is 0.480 e. The number of rotatable bonds is 4. The molecule has 134 valence electrons. The van der Waals surface area contributed by atoms with Crippen LogP contribution in [0.5, 0.6) is 11.8 Å². The Bertz CT molecular complexity index is 770. The van der Waals surface area contributed by atoms with E-state index in [0.29, 0.717) is 26.3 Å². The maximum atomic E-state index is 11.0. The number of aromatic nitrogens is 2. The molecule has 8 nitrogen and oxygen atoms in total. The third-order valence-corrected chi connectivity index (χ3v) is 3.81. The van der Waals surface area contributed by atoms with E-state index >= 15 is 0 Å². The normalized spacial score (nSPS) is 9.48. The number of methoxy groups -OCH3 is 3. The molecule has 2 aromatic rings. The van der Waals surface area contributed by atoms with Gasteiger partial charge in [-0.05, 0) is 44.0 Å². The molecular weight excluding hydrogens is 464 g/mol. The lowest BCUT2D eigenvalue weighted by Crippen LogP contribution is -2.02. The van der Waals surface area contributed by atoms with Gasteiger partial charge in [-0.3, -0.25) is 0 Å². The summed E-state index contributed by atoms with van der Waals surface area (Å²) in [6, 6.07) is 3.03. The fraction of sp³-hybridized carbons (Fsp3) is 0.200. The molecule has 0 amide bonds. The maximum absolute atomic E-state index is 11.0. The van der Waals surface area contributed by atoms with E-state index in [1.165, 1.54) is 39.8 Å². The molecule has 0 spiro atoms. The van der Waals surface area contributed by atoms with Crippen molar-refractivity contribution in [3.05, 3.63) is 44.6 Å². The van der Waals surface area contributed by atoms with Crippen molar-refractivity contribution in [2.75, 3.05) is 21.3 Å². The van der Waals surface area contributed by atoms with Crippen molar-refractivity contribution in [3.8, 4) is 11.8 Å². The topological polar surface area (TPSA) is 108 Å². The zero-order chi connectivity index (χ0) is 19.0. The molecule has 0 saturated carbocycles. The summed E-state index contributed by atoms with van der Waals surface area (Å²) in [5.74, 6) is -0.616. The van der Waals surface area contributed by atoms with Crippen molar-refractivity contribution >= 4 is 43.8 Å². The van der Waals surface area contributed by atoms with E-state index in [9.17, 15) is 9.59 Å². The molecule has 0 aliphatic rings. The van der Waals surface area contributed by atoms with Crippen molar-refractivity contribution in [1.82, 2.24) is 9.97 Å². The number of carbonyl (C=O) groups excluding carboxylic acids is 1. The van der Waals surface area contributed by atoms with Gasteiger partial charge in [0.1, 0.15) is 0 Å². The minimum atomic E-state index is -1.01. The second-order valence-electron chi connectivity index (χ2n) is 4.23. The molecule has 0 aliphatic heterocycles. The zero-order valence-electron chi connectivity index (χ0n) is 13.4. The monoisotopic (exact) mass is 476 g/mol. The molecule has 0 aliphatic carbocycles. The molecule has 1 N–H and O–H groups in total. The van der Waals surface area contributed by atoms with Crippen LogP contribution >= 0.6 is 31.9 Å². The highest BCUT2D eigenvalue weighted by molar-refractivity contribution is 9.10. The number of carboxylic acids is 1. The maximum Gasteiger partial charge on any atom is 0.339 e. The predicted molar refractivity (Wildman–Crippen MR) is 95.3 cm³/mol. The Morgan fingerprint density at radius 3 is 1.72 bits per heavy atom. The number of pyridine rings is 2. The molecule has 0 radical (unpaired) electrons. The highest BCUT2D eigenvalue weighted by Crippen LogP contribution is 2.23. The first-order valence-electron chi connectivity index (χ1n) is 6.54. The Balaban J connectivity index is 0.000000251. The van der Waals surface area contributed by atoms with Gasteiger partial charge in [-0.15, -0.1) is 0 Å². The van der Waals surface area contributed by atoms with Gasteiger partial charge >= 0.3 is 11.9 Å². The summed E-state index contributed by atoms with van der Waals surface area (Å²) in [6.07, 6.45) is 2.64. The number of esters is 1. The fourth-order valence-corrected chi connectivity index (χ4v) is 2.52. The number of carbonyl (C=O) groups is 2. The van der Waals surface area contributed by atoms with Crippen LogP contribution in [-0.4, -0.2) is 48.3 Å². The van der Waals surface area contributed by atoms with E-state index in [2.05, 4.69) is 46.6 Å². The van der Waals surface area contributed by atoms with Gasteiger partial charge in [0.05, 0.1) is 41.4 Å². The van der Waals surface area contributed by atoms with Crippen LogP contribution in [0.3, 0.4) is 0 Å². The van der Waals surface area contributed by atoms with Crippen molar-refractivity contribution in [1.29, 1.82) is 0 Å². The molecule has 2 aromatic heterocycles. The van der Waals surface area contributed by atoms with E-state index in [1.807, 2.05) is 0 Å². The number of hydrogen-bond donors (Lipinski definition) is 1. The minimum absolute atomic E-state index is 0.127. The van der Waals surface area contributed by atoms with Gasteiger partial charge in [0, 0.05) is 12.4 Å². The molecule has 0 aromatic carbocycles. The van der Waals surface area contributed by atoms with E-state index in [0.717, 1.165) is 0 Å². The van der Waals surface area contributed by atoms with Crippen LogP contribution in [0.25, 0.3) is 0 Å². The number of hydrogen-bond acceptors (Lipinski definition) is 7.